The average Bonchev–Trinajstić information content (AvgIpc) is 3.02. The Morgan fingerprint density at radius 1 is 1.04 bits per heavy atom. The number of nitrogens with one attached hydrogen (secondary N) is 1. The van der Waals surface area contributed by atoms with Crippen LogP contribution in [-0.2, 0) is 17.9 Å². The standard InChI is InChI=1S/C21H26N2O/c1-17(20-6-3-2-4-7-20)14-22-15-18-9-11-19(12-10-18)16-23-13-5-8-21(23)24/h2-4,6-7,9-12,17,22H,5,8,13-16H2,1H3. The molecule has 0 spiro atoms. The largest absolute Gasteiger partial charge is 0.338 e. The van der Waals surface area contributed by atoms with E-state index in [2.05, 4.69) is 66.8 Å². The molecule has 0 radical (unpaired) electrons. The Hall–Kier alpha value is -2.13. The van der Waals surface area contributed by atoms with Gasteiger partial charge in [0.2, 0.25) is 5.91 Å². The quantitative estimate of drug-likeness (QED) is 0.843. The van der Waals surface area contributed by atoms with Crippen LogP contribution >= 0.6 is 0 Å². The normalized spacial score (nSPS) is 15.7. The van der Waals surface area contributed by atoms with Crippen LogP contribution in [0.3, 0.4) is 0 Å². The second-order valence-corrected chi connectivity index (χ2v) is 6.68. The predicted octanol–water partition coefficient (Wildman–Crippen LogP) is 3.70. The topological polar surface area (TPSA) is 32.3 Å². The van der Waals surface area contributed by atoms with Crippen molar-refractivity contribution in [1.82, 2.24) is 10.2 Å². The predicted molar refractivity (Wildman–Crippen MR) is 97.7 cm³/mol. The third kappa shape index (κ3) is 4.45. The molecule has 3 heteroatoms. The van der Waals surface area contributed by atoms with Gasteiger partial charge in [0.1, 0.15) is 0 Å². The third-order valence-electron chi connectivity index (χ3n) is 4.72. The summed E-state index contributed by atoms with van der Waals surface area (Å²) in [6.45, 7) is 5.74. The molecule has 0 saturated carbocycles. The molecule has 2 aromatic carbocycles. The van der Waals surface area contributed by atoms with Crippen molar-refractivity contribution in [3.05, 3.63) is 71.3 Å². The molecule has 0 aromatic heterocycles. The summed E-state index contributed by atoms with van der Waals surface area (Å²) in [5.74, 6) is 0.794. The van der Waals surface area contributed by atoms with Crippen molar-refractivity contribution >= 4 is 5.91 Å². The van der Waals surface area contributed by atoms with Gasteiger partial charge >= 0.3 is 0 Å². The Morgan fingerprint density at radius 3 is 2.42 bits per heavy atom. The lowest BCUT2D eigenvalue weighted by Gasteiger charge is -2.16. The maximum absolute atomic E-state index is 11.7. The SMILES string of the molecule is CC(CNCc1ccc(CN2CCCC2=O)cc1)c1ccccc1. The number of hydrogen-bond acceptors (Lipinski definition) is 2. The lowest BCUT2D eigenvalue weighted by Crippen LogP contribution is -2.23. The van der Waals surface area contributed by atoms with Gasteiger partial charge in [0.05, 0.1) is 0 Å². The van der Waals surface area contributed by atoms with Crippen LogP contribution in [0.15, 0.2) is 54.6 Å². The molecule has 126 valence electrons. The highest BCUT2D eigenvalue weighted by molar-refractivity contribution is 5.78. The molecule has 1 atom stereocenters. The summed E-state index contributed by atoms with van der Waals surface area (Å²) in [5.41, 5.74) is 3.87. The number of carbonyl (C=O) groups excluding carboxylic acids is 1. The van der Waals surface area contributed by atoms with Gasteiger partial charge in [-0.1, -0.05) is 61.5 Å². The number of nitrogens with zero attached hydrogens (tertiary/aromatic N) is 1. The van der Waals surface area contributed by atoms with Crippen LogP contribution in [0, 0.1) is 0 Å². The fraction of sp³-hybridized carbons (Fsp3) is 0.381. The number of likely N-dealkylation sites (tertiary alicyclic amines) is 1. The van der Waals surface area contributed by atoms with Gasteiger partial charge in [0.25, 0.3) is 0 Å². The van der Waals surface area contributed by atoms with E-state index in [-0.39, 0.29) is 5.91 Å². The molecule has 0 aliphatic carbocycles. The van der Waals surface area contributed by atoms with E-state index in [9.17, 15) is 4.79 Å². The zero-order chi connectivity index (χ0) is 16.8. The molecule has 2 aromatic rings. The molecule has 24 heavy (non-hydrogen) atoms. The first-order valence-electron chi connectivity index (χ1n) is 8.83. The molecular weight excluding hydrogens is 296 g/mol. The van der Waals surface area contributed by atoms with E-state index in [0.29, 0.717) is 12.3 Å². The molecule has 3 rings (SSSR count). The van der Waals surface area contributed by atoms with Crippen LogP contribution in [0.5, 0.6) is 0 Å². The summed E-state index contributed by atoms with van der Waals surface area (Å²) >= 11 is 0. The summed E-state index contributed by atoms with van der Waals surface area (Å²) < 4.78 is 0. The summed E-state index contributed by atoms with van der Waals surface area (Å²) in [6.07, 6.45) is 1.71. The van der Waals surface area contributed by atoms with Crippen molar-refractivity contribution < 1.29 is 4.79 Å². The summed E-state index contributed by atoms with van der Waals surface area (Å²) in [4.78, 5) is 13.6. The Bertz CT molecular complexity index is 651. The molecular formula is C21H26N2O. The first-order chi connectivity index (χ1) is 11.7. The van der Waals surface area contributed by atoms with E-state index < -0.39 is 0 Å². The number of benzene rings is 2. The van der Waals surface area contributed by atoms with Crippen LogP contribution in [0.2, 0.25) is 0 Å². The maximum atomic E-state index is 11.7. The van der Waals surface area contributed by atoms with Crippen molar-refractivity contribution in [2.24, 2.45) is 0 Å². The highest BCUT2D eigenvalue weighted by Gasteiger charge is 2.19. The van der Waals surface area contributed by atoms with Crippen molar-refractivity contribution in [3.63, 3.8) is 0 Å². The number of amides is 1. The van der Waals surface area contributed by atoms with E-state index >= 15 is 0 Å². The molecule has 1 aliphatic heterocycles. The summed E-state index contributed by atoms with van der Waals surface area (Å²) in [7, 11) is 0. The molecule has 3 nitrogen and oxygen atoms in total. The molecule has 1 unspecified atom stereocenters. The van der Waals surface area contributed by atoms with E-state index in [1.165, 1.54) is 16.7 Å². The highest BCUT2D eigenvalue weighted by atomic mass is 16.2. The monoisotopic (exact) mass is 322 g/mol. The maximum Gasteiger partial charge on any atom is 0.222 e. The minimum atomic E-state index is 0.288. The van der Waals surface area contributed by atoms with Gasteiger partial charge in [-0.3, -0.25) is 4.79 Å². The Labute approximate surface area is 144 Å². The molecule has 1 saturated heterocycles. The van der Waals surface area contributed by atoms with E-state index in [4.69, 9.17) is 0 Å². The minimum Gasteiger partial charge on any atom is -0.338 e. The van der Waals surface area contributed by atoms with Gasteiger partial charge in [-0.15, -0.1) is 0 Å². The third-order valence-corrected chi connectivity index (χ3v) is 4.72. The van der Waals surface area contributed by atoms with Crippen molar-refractivity contribution in [3.8, 4) is 0 Å². The summed E-state index contributed by atoms with van der Waals surface area (Å²) in [6, 6.07) is 19.2. The van der Waals surface area contributed by atoms with Crippen LogP contribution in [0.1, 0.15) is 42.4 Å². The molecule has 1 fully saturated rings. The van der Waals surface area contributed by atoms with E-state index in [1.54, 1.807) is 0 Å². The molecule has 0 bridgehead atoms. The average molecular weight is 322 g/mol. The van der Waals surface area contributed by atoms with Gasteiger partial charge in [0, 0.05) is 32.6 Å². The molecule has 1 N–H and O–H groups in total. The Kier molecular flexibility index (Phi) is 5.65. The zero-order valence-corrected chi connectivity index (χ0v) is 14.4. The van der Waals surface area contributed by atoms with E-state index in [0.717, 1.165) is 32.6 Å². The van der Waals surface area contributed by atoms with Gasteiger partial charge < -0.3 is 10.2 Å². The zero-order valence-electron chi connectivity index (χ0n) is 14.4. The van der Waals surface area contributed by atoms with Gasteiger partial charge in [-0.05, 0) is 29.0 Å². The fourth-order valence-corrected chi connectivity index (χ4v) is 3.19. The number of carbonyl (C=O) groups is 1. The molecule has 1 heterocycles. The van der Waals surface area contributed by atoms with Gasteiger partial charge in [-0.2, -0.15) is 0 Å². The van der Waals surface area contributed by atoms with Crippen LogP contribution < -0.4 is 5.32 Å². The van der Waals surface area contributed by atoms with Crippen LogP contribution in [0.4, 0.5) is 0 Å². The van der Waals surface area contributed by atoms with Crippen molar-refractivity contribution in [2.45, 2.75) is 38.8 Å². The second kappa shape index (κ2) is 8.11. The van der Waals surface area contributed by atoms with Gasteiger partial charge in [-0.25, -0.2) is 0 Å². The highest BCUT2D eigenvalue weighted by Crippen LogP contribution is 2.15. The lowest BCUT2D eigenvalue weighted by molar-refractivity contribution is -0.128. The van der Waals surface area contributed by atoms with Crippen LogP contribution in [-0.4, -0.2) is 23.9 Å². The number of rotatable bonds is 7. The Balaban J connectivity index is 1.45. The minimum absolute atomic E-state index is 0.288. The Morgan fingerprint density at radius 2 is 1.75 bits per heavy atom. The first kappa shape index (κ1) is 16.7. The van der Waals surface area contributed by atoms with Gasteiger partial charge in [0.15, 0.2) is 0 Å². The van der Waals surface area contributed by atoms with Crippen molar-refractivity contribution in [1.29, 1.82) is 0 Å². The lowest BCUT2D eigenvalue weighted by atomic mass is 10.0. The fourth-order valence-electron chi connectivity index (χ4n) is 3.19. The van der Waals surface area contributed by atoms with E-state index in [1.807, 2.05) is 4.90 Å². The number of hydrogen-bond donors (Lipinski definition) is 1. The van der Waals surface area contributed by atoms with Crippen molar-refractivity contribution in [2.75, 3.05) is 13.1 Å². The van der Waals surface area contributed by atoms with Crippen LogP contribution in [0.25, 0.3) is 0 Å². The molecule has 1 aliphatic rings. The first-order valence-corrected chi connectivity index (χ1v) is 8.83. The smallest absolute Gasteiger partial charge is 0.222 e. The second-order valence-electron chi connectivity index (χ2n) is 6.68. The summed E-state index contributed by atoms with van der Waals surface area (Å²) in [5, 5.41) is 3.54. The molecule has 1 amide bonds.